The minimum atomic E-state index is 0.135. The van der Waals surface area contributed by atoms with Crippen molar-refractivity contribution in [2.45, 2.75) is 12.8 Å². The maximum Gasteiger partial charge on any atom is 0.224 e. The number of hydrogen-bond donors (Lipinski definition) is 0. The molecule has 62 valence electrons. The number of nitrogens with zero attached hydrogens (tertiary/aromatic N) is 1. The largest absolute Gasteiger partial charge is 0.477 e. The predicted octanol–water partition coefficient (Wildman–Crippen LogP) is 1.44. The maximum absolute atomic E-state index is 11.4. The highest BCUT2D eigenvalue weighted by atomic mass is 16.5. The highest BCUT2D eigenvalue weighted by Crippen LogP contribution is 2.20. The van der Waals surface area contributed by atoms with E-state index in [-0.39, 0.29) is 5.78 Å². The third-order valence-electron chi connectivity index (χ3n) is 1.86. The molecule has 0 N–H and O–H groups in total. The van der Waals surface area contributed by atoms with Crippen LogP contribution in [0.5, 0.6) is 5.88 Å². The molecule has 1 aromatic rings. The molecule has 0 amide bonds. The Morgan fingerprint density at radius 2 is 2.42 bits per heavy atom. The number of fused-ring (bicyclic) bond motifs is 1. The molecule has 1 aromatic heterocycles. The van der Waals surface area contributed by atoms with Crippen molar-refractivity contribution in [1.82, 2.24) is 4.98 Å². The van der Waals surface area contributed by atoms with Gasteiger partial charge >= 0.3 is 0 Å². The Kier molecular flexibility index (Phi) is 1.78. The standard InChI is InChI=1S/C9H9NO2/c11-8-4-2-6-12-9-7(8)3-1-5-10-9/h1,3,5H,2,4,6H2. The van der Waals surface area contributed by atoms with Gasteiger partial charge in [0.1, 0.15) is 0 Å². The summed E-state index contributed by atoms with van der Waals surface area (Å²) in [6, 6.07) is 3.52. The molecule has 2 heterocycles. The molecule has 12 heavy (non-hydrogen) atoms. The van der Waals surface area contributed by atoms with Crippen LogP contribution in [0, 0.1) is 0 Å². The Morgan fingerprint density at radius 1 is 1.50 bits per heavy atom. The van der Waals surface area contributed by atoms with Crippen molar-refractivity contribution in [2.24, 2.45) is 0 Å². The first-order valence-electron chi connectivity index (χ1n) is 3.99. The first-order chi connectivity index (χ1) is 5.88. The molecular weight excluding hydrogens is 154 g/mol. The van der Waals surface area contributed by atoms with Crippen LogP contribution in [0.4, 0.5) is 0 Å². The van der Waals surface area contributed by atoms with Crippen molar-refractivity contribution < 1.29 is 9.53 Å². The number of rotatable bonds is 0. The minimum absolute atomic E-state index is 0.135. The molecule has 0 atom stereocenters. The number of Topliss-reactive ketones (excluding diaryl/α,β-unsaturated/α-hetero) is 1. The zero-order chi connectivity index (χ0) is 8.39. The summed E-state index contributed by atoms with van der Waals surface area (Å²) in [6.45, 7) is 0.593. The van der Waals surface area contributed by atoms with Crippen molar-refractivity contribution in [3.63, 3.8) is 0 Å². The summed E-state index contributed by atoms with van der Waals surface area (Å²) < 4.78 is 5.29. The van der Waals surface area contributed by atoms with Gasteiger partial charge in [0.15, 0.2) is 5.78 Å². The van der Waals surface area contributed by atoms with Crippen molar-refractivity contribution in [2.75, 3.05) is 6.61 Å². The molecule has 0 aliphatic carbocycles. The fourth-order valence-electron chi connectivity index (χ4n) is 1.25. The smallest absolute Gasteiger partial charge is 0.224 e. The summed E-state index contributed by atoms with van der Waals surface area (Å²) in [4.78, 5) is 15.4. The highest BCUT2D eigenvalue weighted by molar-refractivity contribution is 5.98. The lowest BCUT2D eigenvalue weighted by molar-refractivity contribution is 0.0983. The number of pyridine rings is 1. The zero-order valence-electron chi connectivity index (χ0n) is 6.62. The van der Waals surface area contributed by atoms with Gasteiger partial charge in [0.25, 0.3) is 0 Å². The second kappa shape index (κ2) is 2.93. The molecule has 0 spiro atoms. The highest BCUT2D eigenvalue weighted by Gasteiger charge is 2.16. The van der Waals surface area contributed by atoms with Crippen LogP contribution in [-0.4, -0.2) is 17.4 Å². The SMILES string of the molecule is O=C1CCCOc2ncccc21. The van der Waals surface area contributed by atoms with Gasteiger partial charge in [0.2, 0.25) is 5.88 Å². The van der Waals surface area contributed by atoms with Gasteiger partial charge in [-0.15, -0.1) is 0 Å². The lowest BCUT2D eigenvalue weighted by atomic mass is 10.1. The van der Waals surface area contributed by atoms with Crippen LogP contribution < -0.4 is 4.74 Å². The molecule has 0 unspecified atom stereocenters. The zero-order valence-corrected chi connectivity index (χ0v) is 6.62. The average molecular weight is 163 g/mol. The fraction of sp³-hybridized carbons (Fsp3) is 0.333. The Labute approximate surface area is 70.4 Å². The summed E-state index contributed by atoms with van der Waals surface area (Å²) in [5.41, 5.74) is 0.620. The van der Waals surface area contributed by atoms with Gasteiger partial charge in [-0.05, 0) is 18.6 Å². The van der Waals surface area contributed by atoms with Crippen molar-refractivity contribution >= 4 is 5.78 Å². The second-order valence-electron chi connectivity index (χ2n) is 2.73. The van der Waals surface area contributed by atoms with E-state index in [2.05, 4.69) is 4.98 Å². The number of ketones is 1. The second-order valence-corrected chi connectivity index (χ2v) is 2.73. The number of carbonyl (C=O) groups excluding carboxylic acids is 1. The van der Waals surface area contributed by atoms with Gasteiger partial charge in [0, 0.05) is 12.6 Å². The van der Waals surface area contributed by atoms with E-state index in [4.69, 9.17) is 4.74 Å². The molecule has 1 aliphatic heterocycles. The number of carbonyl (C=O) groups is 1. The average Bonchev–Trinajstić information content (AvgIpc) is 2.29. The van der Waals surface area contributed by atoms with Gasteiger partial charge in [-0.1, -0.05) is 0 Å². The van der Waals surface area contributed by atoms with Gasteiger partial charge in [-0.2, -0.15) is 0 Å². The molecule has 3 nitrogen and oxygen atoms in total. The topological polar surface area (TPSA) is 39.2 Å². The summed E-state index contributed by atoms with van der Waals surface area (Å²) in [6.07, 6.45) is 2.99. The first kappa shape index (κ1) is 7.28. The minimum Gasteiger partial charge on any atom is -0.477 e. The van der Waals surface area contributed by atoms with Crippen molar-refractivity contribution in [1.29, 1.82) is 0 Å². The van der Waals surface area contributed by atoms with Crippen LogP contribution in [-0.2, 0) is 0 Å². The van der Waals surface area contributed by atoms with E-state index < -0.39 is 0 Å². The third-order valence-corrected chi connectivity index (χ3v) is 1.86. The van der Waals surface area contributed by atoms with Gasteiger partial charge in [-0.25, -0.2) is 4.98 Å². The van der Waals surface area contributed by atoms with Crippen LogP contribution in [0.15, 0.2) is 18.3 Å². The van der Waals surface area contributed by atoms with Crippen LogP contribution >= 0.6 is 0 Å². The molecule has 0 radical (unpaired) electrons. The monoisotopic (exact) mass is 163 g/mol. The van der Waals surface area contributed by atoms with Crippen LogP contribution in [0.25, 0.3) is 0 Å². The Morgan fingerprint density at radius 3 is 3.33 bits per heavy atom. The normalized spacial score (nSPS) is 16.2. The molecule has 2 rings (SSSR count). The Bertz CT molecular complexity index is 309. The lowest BCUT2D eigenvalue weighted by Gasteiger charge is -2.01. The molecule has 0 saturated heterocycles. The number of aromatic nitrogens is 1. The lowest BCUT2D eigenvalue weighted by Crippen LogP contribution is -1.98. The third kappa shape index (κ3) is 1.18. The van der Waals surface area contributed by atoms with Gasteiger partial charge in [0.05, 0.1) is 12.2 Å². The van der Waals surface area contributed by atoms with Crippen molar-refractivity contribution in [3.05, 3.63) is 23.9 Å². The fourth-order valence-corrected chi connectivity index (χ4v) is 1.25. The summed E-state index contributed by atoms with van der Waals surface area (Å²) >= 11 is 0. The first-order valence-corrected chi connectivity index (χ1v) is 3.99. The van der Waals surface area contributed by atoms with Gasteiger partial charge < -0.3 is 4.74 Å². The Balaban J connectivity index is 2.46. The summed E-state index contributed by atoms with van der Waals surface area (Å²) in [5.74, 6) is 0.621. The van der Waals surface area contributed by atoms with E-state index in [1.807, 2.05) is 0 Å². The quantitative estimate of drug-likeness (QED) is 0.580. The molecule has 0 aromatic carbocycles. The molecule has 1 aliphatic rings. The summed E-state index contributed by atoms with van der Waals surface area (Å²) in [7, 11) is 0. The van der Waals surface area contributed by atoms with E-state index in [0.29, 0.717) is 24.5 Å². The predicted molar refractivity (Wildman–Crippen MR) is 43.3 cm³/mol. The maximum atomic E-state index is 11.4. The number of hydrogen-bond acceptors (Lipinski definition) is 3. The molecule has 3 heteroatoms. The molecule has 0 saturated carbocycles. The summed E-state index contributed by atoms with van der Waals surface area (Å²) in [5, 5.41) is 0. The molecular formula is C9H9NO2. The van der Waals surface area contributed by atoms with Crippen LogP contribution in [0.2, 0.25) is 0 Å². The van der Waals surface area contributed by atoms with E-state index in [0.717, 1.165) is 6.42 Å². The molecule has 0 fully saturated rings. The van der Waals surface area contributed by atoms with E-state index in [1.165, 1.54) is 0 Å². The van der Waals surface area contributed by atoms with Gasteiger partial charge in [-0.3, -0.25) is 4.79 Å². The van der Waals surface area contributed by atoms with Crippen molar-refractivity contribution in [3.8, 4) is 5.88 Å². The Hall–Kier alpha value is -1.38. The van der Waals surface area contributed by atoms with Crippen LogP contribution in [0.3, 0.4) is 0 Å². The molecule has 0 bridgehead atoms. The van der Waals surface area contributed by atoms with E-state index >= 15 is 0 Å². The van der Waals surface area contributed by atoms with E-state index in [9.17, 15) is 4.79 Å². The number of ether oxygens (including phenoxy) is 1. The van der Waals surface area contributed by atoms with E-state index in [1.54, 1.807) is 18.3 Å². The van der Waals surface area contributed by atoms with Crippen LogP contribution in [0.1, 0.15) is 23.2 Å².